The maximum absolute atomic E-state index is 5.35. The number of rotatable bonds is 0. The van der Waals surface area contributed by atoms with E-state index in [0.29, 0.717) is 10.5 Å². The van der Waals surface area contributed by atoms with Crippen molar-refractivity contribution in [1.82, 2.24) is 29.2 Å². The van der Waals surface area contributed by atoms with Crippen LogP contribution >= 0.6 is 23.6 Å². The smallest absolute Gasteiger partial charge is 0.249 e. The van der Waals surface area contributed by atoms with Gasteiger partial charge in [0.05, 0.1) is 5.39 Å². The third-order valence-corrected chi connectivity index (χ3v) is 5.27. The molecule has 4 aromatic rings. The van der Waals surface area contributed by atoms with Crippen molar-refractivity contribution in [3.63, 3.8) is 0 Å². The van der Waals surface area contributed by atoms with Gasteiger partial charge in [0, 0.05) is 4.88 Å². The summed E-state index contributed by atoms with van der Waals surface area (Å²) in [7, 11) is 0. The van der Waals surface area contributed by atoms with E-state index in [4.69, 9.17) is 12.2 Å². The van der Waals surface area contributed by atoms with E-state index in [2.05, 4.69) is 20.3 Å². The van der Waals surface area contributed by atoms with Gasteiger partial charge in [0.1, 0.15) is 11.2 Å². The van der Waals surface area contributed by atoms with Gasteiger partial charge in [0.25, 0.3) is 5.78 Å². The van der Waals surface area contributed by atoms with Gasteiger partial charge in [-0.2, -0.15) is 9.61 Å². The molecule has 0 aromatic carbocycles. The number of hydrogen-bond acceptors (Lipinski definition) is 5. The molecule has 0 amide bonds. The Morgan fingerprint density at radius 2 is 2.32 bits per heavy atom. The Hall–Kier alpha value is -1.80. The summed E-state index contributed by atoms with van der Waals surface area (Å²) in [6.45, 7) is 0. The van der Waals surface area contributed by atoms with Gasteiger partial charge in [-0.15, -0.1) is 16.4 Å². The molecule has 0 spiro atoms. The highest BCUT2D eigenvalue weighted by Gasteiger charge is 2.23. The zero-order valence-electron chi connectivity index (χ0n) is 9.75. The third-order valence-electron chi connectivity index (χ3n) is 3.72. The summed E-state index contributed by atoms with van der Waals surface area (Å²) in [5, 5.41) is 12.6. The van der Waals surface area contributed by atoms with E-state index in [1.165, 1.54) is 22.2 Å². The Morgan fingerprint density at radius 3 is 3.26 bits per heavy atom. The minimum atomic E-state index is 0.609. The maximum Gasteiger partial charge on any atom is 0.257 e. The highest BCUT2D eigenvalue weighted by atomic mass is 32.1. The first-order chi connectivity index (χ1) is 9.34. The molecule has 8 heteroatoms. The molecular formula is C11H8N6S2. The average molecular weight is 288 g/mol. The van der Waals surface area contributed by atoms with Gasteiger partial charge < -0.3 is 0 Å². The molecule has 0 radical (unpaired) electrons. The zero-order chi connectivity index (χ0) is 12.6. The number of aryl methyl sites for hydroxylation is 2. The minimum absolute atomic E-state index is 0.609. The van der Waals surface area contributed by atoms with E-state index >= 15 is 0 Å². The quantitative estimate of drug-likeness (QED) is 0.504. The van der Waals surface area contributed by atoms with Gasteiger partial charge in [0.15, 0.2) is 5.65 Å². The second kappa shape index (κ2) is 3.20. The average Bonchev–Trinajstić information content (AvgIpc) is 3.07. The SMILES string of the molecule is S=c1[nH]nc2n3ncnc3c3c4c(sc3n12)CCC4. The largest absolute Gasteiger partial charge is 0.257 e. The fourth-order valence-electron chi connectivity index (χ4n) is 2.95. The first-order valence-corrected chi connectivity index (χ1v) is 7.30. The van der Waals surface area contributed by atoms with Crippen LogP contribution in [0.4, 0.5) is 0 Å². The summed E-state index contributed by atoms with van der Waals surface area (Å²) in [6, 6.07) is 0. The summed E-state index contributed by atoms with van der Waals surface area (Å²) in [6.07, 6.45) is 5.08. The van der Waals surface area contributed by atoms with E-state index in [1.54, 1.807) is 10.8 Å². The predicted octanol–water partition coefficient (Wildman–Crippen LogP) is 2.14. The van der Waals surface area contributed by atoms with Crippen LogP contribution in [0.3, 0.4) is 0 Å². The van der Waals surface area contributed by atoms with Crippen molar-refractivity contribution in [3.8, 4) is 0 Å². The first kappa shape index (κ1) is 10.0. The Balaban J connectivity index is 2.23. The van der Waals surface area contributed by atoms with Crippen molar-refractivity contribution < 1.29 is 0 Å². The molecule has 19 heavy (non-hydrogen) atoms. The van der Waals surface area contributed by atoms with E-state index in [1.807, 2.05) is 15.7 Å². The van der Waals surface area contributed by atoms with Crippen LogP contribution in [0.25, 0.3) is 21.6 Å². The molecule has 4 heterocycles. The van der Waals surface area contributed by atoms with E-state index < -0.39 is 0 Å². The van der Waals surface area contributed by atoms with Crippen molar-refractivity contribution in [2.24, 2.45) is 0 Å². The normalized spacial score (nSPS) is 14.9. The van der Waals surface area contributed by atoms with Gasteiger partial charge in [-0.1, -0.05) is 0 Å². The van der Waals surface area contributed by atoms with Crippen LogP contribution in [0.2, 0.25) is 0 Å². The number of aromatic amines is 1. The molecule has 0 fully saturated rings. The molecular weight excluding hydrogens is 280 g/mol. The molecule has 6 nitrogen and oxygen atoms in total. The fraction of sp³-hybridized carbons (Fsp3) is 0.273. The molecule has 0 atom stereocenters. The minimum Gasteiger partial charge on any atom is -0.249 e. The zero-order valence-corrected chi connectivity index (χ0v) is 11.4. The van der Waals surface area contributed by atoms with E-state index in [0.717, 1.165) is 23.3 Å². The van der Waals surface area contributed by atoms with E-state index in [-0.39, 0.29) is 0 Å². The van der Waals surface area contributed by atoms with Crippen LogP contribution in [0, 0.1) is 4.77 Å². The summed E-state index contributed by atoms with van der Waals surface area (Å²) < 4.78 is 4.34. The topological polar surface area (TPSA) is 63.3 Å². The first-order valence-electron chi connectivity index (χ1n) is 6.07. The number of aromatic nitrogens is 6. The van der Waals surface area contributed by atoms with E-state index in [9.17, 15) is 0 Å². The molecule has 1 N–H and O–H groups in total. The summed E-state index contributed by atoms with van der Waals surface area (Å²) in [5.74, 6) is 0.699. The summed E-state index contributed by atoms with van der Waals surface area (Å²) in [4.78, 5) is 7.01. The van der Waals surface area contributed by atoms with Crippen LogP contribution in [0.15, 0.2) is 6.33 Å². The number of nitrogens with one attached hydrogen (secondary N) is 1. The molecule has 1 aliphatic carbocycles. The molecule has 4 aromatic heterocycles. The molecule has 5 rings (SSSR count). The number of fused-ring (bicyclic) bond motifs is 8. The highest BCUT2D eigenvalue weighted by molar-refractivity contribution is 7.71. The third kappa shape index (κ3) is 1.07. The lowest BCUT2D eigenvalue weighted by atomic mass is 10.2. The standard InChI is InChI=1S/C11H8N6S2/c18-11-15-14-10-16(11)9-7(8-12-4-13-17(8)10)5-2-1-3-6(5)19-9/h4H,1-3H2,(H,15,18). The lowest BCUT2D eigenvalue weighted by molar-refractivity contribution is 0.914. The number of nitrogens with zero attached hydrogens (tertiary/aromatic N) is 5. The lowest BCUT2D eigenvalue weighted by Gasteiger charge is -2.00. The van der Waals surface area contributed by atoms with Crippen LogP contribution < -0.4 is 0 Å². The van der Waals surface area contributed by atoms with Crippen LogP contribution in [0.1, 0.15) is 16.9 Å². The van der Waals surface area contributed by atoms with Gasteiger partial charge >= 0.3 is 0 Å². The Bertz CT molecular complexity index is 1020. The van der Waals surface area contributed by atoms with Crippen LogP contribution in [0.5, 0.6) is 0 Å². The molecule has 0 aliphatic heterocycles. The molecule has 1 aliphatic rings. The molecule has 0 saturated heterocycles. The summed E-state index contributed by atoms with van der Waals surface area (Å²) in [5.41, 5.74) is 2.30. The maximum atomic E-state index is 5.35. The second-order valence-electron chi connectivity index (χ2n) is 4.70. The van der Waals surface area contributed by atoms with Crippen molar-refractivity contribution in [2.45, 2.75) is 19.3 Å². The molecule has 94 valence electrons. The van der Waals surface area contributed by atoms with Crippen molar-refractivity contribution in [3.05, 3.63) is 21.5 Å². The van der Waals surface area contributed by atoms with Crippen LogP contribution in [-0.2, 0) is 12.8 Å². The van der Waals surface area contributed by atoms with Gasteiger partial charge in [-0.3, -0.25) is 0 Å². The molecule has 0 bridgehead atoms. The fourth-order valence-corrected chi connectivity index (χ4v) is 4.61. The van der Waals surface area contributed by atoms with Crippen LogP contribution in [-0.4, -0.2) is 29.2 Å². The van der Waals surface area contributed by atoms with Crippen molar-refractivity contribution in [2.75, 3.05) is 0 Å². The lowest BCUT2D eigenvalue weighted by Crippen LogP contribution is -1.98. The monoisotopic (exact) mass is 288 g/mol. The Labute approximate surface area is 115 Å². The van der Waals surface area contributed by atoms with Gasteiger partial charge in [-0.25, -0.2) is 14.5 Å². The number of H-pyrrole nitrogens is 1. The number of thiophene rings is 1. The van der Waals surface area contributed by atoms with Gasteiger partial charge in [0.2, 0.25) is 4.77 Å². The molecule has 0 unspecified atom stereocenters. The molecule has 0 saturated carbocycles. The van der Waals surface area contributed by atoms with Crippen molar-refractivity contribution >= 4 is 45.2 Å². The van der Waals surface area contributed by atoms with Gasteiger partial charge in [-0.05, 0) is 37.0 Å². The highest BCUT2D eigenvalue weighted by Crippen LogP contribution is 2.39. The Kier molecular flexibility index (Phi) is 1.69. The predicted molar refractivity (Wildman–Crippen MR) is 74.3 cm³/mol. The second-order valence-corrected chi connectivity index (χ2v) is 6.17. The Morgan fingerprint density at radius 1 is 1.37 bits per heavy atom. The summed E-state index contributed by atoms with van der Waals surface area (Å²) >= 11 is 7.16. The van der Waals surface area contributed by atoms with Crippen molar-refractivity contribution in [1.29, 1.82) is 0 Å². The number of hydrogen-bond donors (Lipinski definition) is 1.